The molecule has 1 saturated heterocycles. The highest BCUT2D eigenvalue weighted by Crippen LogP contribution is 2.23. The standard InChI is InChI=1S/C23H25N7O2/c24-23-26-18(14-20-27-22(28-30(20)23)19-7-3-12-32-19)17-6-1-5-16(13-17)15-25-9-4-11-29-10-2-8-21(29)31/h1,3,5-7,12-14,25H,2,4,8-11,15H2,(H2,24,26). The summed E-state index contributed by atoms with van der Waals surface area (Å²) in [6, 6.07) is 13.7. The van der Waals surface area contributed by atoms with Crippen LogP contribution in [0.2, 0.25) is 0 Å². The average Bonchev–Trinajstić information content (AvgIpc) is 3.55. The molecule has 5 rings (SSSR count). The first-order chi connectivity index (χ1) is 15.7. The zero-order valence-corrected chi connectivity index (χ0v) is 17.7. The Morgan fingerprint density at radius 1 is 1.16 bits per heavy atom. The fourth-order valence-corrected chi connectivity index (χ4v) is 3.98. The molecule has 0 aliphatic carbocycles. The van der Waals surface area contributed by atoms with Gasteiger partial charge >= 0.3 is 0 Å². The van der Waals surface area contributed by atoms with E-state index in [1.54, 1.807) is 18.4 Å². The monoisotopic (exact) mass is 431 g/mol. The van der Waals surface area contributed by atoms with Crippen LogP contribution >= 0.6 is 0 Å². The maximum atomic E-state index is 11.7. The number of amides is 1. The molecule has 164 valence electrons. The van der Waals surface area contributed by atoms with E-state index in [2.05, 4.69) is 32.5 Å². The Balaban J connectivity index is 1.26. The molecule has 0 spiro atoms. The first kappa shape index (κ1) is 20.2. The molecule has 1 aliphatic rings. The number of rotatable bonds is 8. The molecule has 1 amide bonds. The van der Waals surface area contributed by atoms with E-state index in [0.717, 1.165) is 55.8 Å². The maximum Gasteiger partial charge on any atom is 0.223 e. The van der Waals surface area contributed by atoms with Gasteiger partial charge in [-0.2, -0.15) is 4.52 Å². The summed E-state index contributed by atoms with van der Waals surface area (Å²) in [5.41, 5.74) is 9.61. The van der Waals surface area contributed by atoms with Gasteiger partial charge in [0.05, 0.1) is 12.0 Å². The van der Waals surface area contributed by atoms with Gasteiger partial charge in [-0.15, -0.1) is 5.10 Å². The minimum atomic E-state index is 0.266. The van der Waals surface area contributed by atoms with Crippen molar-refractivity contribution in [2.45, 2.75) is 25.8 Å². The van der Waals surface area contributed by atoms with E-state index in [0.29, 0.717) is 23.7 Å². The first-order valence-electron chi connectivity index (χ1n) is 10.8. The molecule has 0 atom stereocenters. The van der Waals surface area contributed by atoms with Gasteiger partial charge in [0.2, 0.25) is 17.7 Å². The van der Waals surface area contributed by atoms with E-state index in [-0.39, 0.29) is 11.9 Å². The Morgan fingerprint density at radius 3 is 2.91 bits per heavy atom. The van der Waals surface area contributed by atoms with Crippen molar-refractivity contribution in [2.75, 3.05) is 25.4 Å². The van der Waals surface area contributed by atoms with Crippen molar-refractivity contribution >= 4 is 17.5 Å². The number of nitrogens with one attached hydrogen (secondary N) is 1. The molecule has 1 aliphatic heterocycles. The summed E-state index contributed by atoms with van der Waals surface area (Å²) in [5, 5.41) is 7.85. The van der Waals surface area contributed by atoms with Crippen molar-refractivity contribution in [1.29, 1.82) is 0 Å². The lowest BCUT2D eigenvalue weighted by atomic mass is 10.1. The third-order valence-corrected chi connectivity index (χ3v) is 5.60. The largest absolute Gasteiger partial charge is 0.461 e. The van der Waals surface area contributed by atoms with Crippen LogP contribution in [0.5, 0.6) is 0 Å². The molecule has 0 unspecified atom stereocenters. The predicted octanol–water partition coefficient (Wildman–Crippen LogP) is 2.74. The number of furan rings is 1. The number of anilines is 1. The summed E-state index contributed by atoms with van der Waals surface area (Å²) in [5.74, 6) is 1.60. The fraction of sp³-hybridized carbons (Fsp3) is 0.304. The summed E-state index contributed by atoms with van der Waals surface area (Å²) in [7, 11) is 0. The highest BCUT2D eigenvalue weighted by atomic mass is 16.3. The Bertz CT molecular complexity index is 1230. The van der Waals surface area contributed by atoms with Gasteiger partial charge in [0.25, 0.3) is 0 Å². The molecule has 4 heterocycles. The number of carbonyl (C=O) groups is 1. The Hall–Kier alpha value is -3.72. The van der Waals surface area contributed by atoms with Gasteiger partial charge in [0, 0.05) is 37.7 Å². The van der Waals surface area contributed by atoms with Crippen LogP contribution in [0.1, 0.15) is 24.8 Å². The van der Waals surface area contributed by atoms with E-state index in [9.17, 15) is 4.79 Å². The van der Waals surface area contributed by atoms with Gasteiger partial charge in [-0.3, -0.25) is 4.79 Å². The summed E-state index contributed by atoms with van der Waals surface area (Å²) >= 11 is 0. The topological polar surface area (TPSA) is 115 Å². The fourth-order valence-electron chi connectivity index (χ4n) is 3.98. The smallest absolute Gasteiger partial charge is 0.223 e. The Kier molecular flexibility index (Phi) is 5.55. The van der Waals surface area contributed by atoms with Crippen LogP contribution in [0.25, 0.3) is 28.5 Å². The van der Waals surface area contributed by atoms with Crippen LogP contribution in [-0.4, -0.2) is 50.0 Å². The predicted molar refractivity (Wildman–Crippen MR) is 120 cm³/mol. The molecule has 9 nitrogen and oxygen atoms in total. The molecule has 32 heavy (non-hydrogen) atoms. The van der Waals surface area contributed by atoms with Crippen molar-refractivity contribution in [3.05, 3.63) is 54.3 Å². The van der Waals surface area contributed by atoms with Gasteiger partial charge < -0.3 is 20.4 Å². The van der Waals surface area contributed by atoms with E-state index in [1.807, 2.05) is 23.1 Å². The van der Waals surface area contributed by atoms with Crippen LogP contribution in [-0.2, 0) is 11.3 Å². The van der Waals surface area contributed by atoms with Gasteiger partial charge in [0.1, 0.15) is 0 Å². The number of nitrogens with zero attached hydrogens (tertiary/aromatic N) is 5. The van der Waals surface area contributed by atoms with Crippen LogP contribution in [0, 0.1) is 0 Å². The van der Waals surface area contributed by atoms with Crippen LogP contribution < -0.4 is 11.1 Å². The zero-order valence-electron chi connectivity index (χ0n) is 17.7. The number of aromatic nitrogens is 4. The molecule has 0 bridgehead atoms. The first-order valence-corrected chi connectivity index (χ1v) is 10.8. The maximum absolute atomic E-state index is 11.7. The van der Waals surface area contributed by atoms with Crippen LogP contribution in [0.4, 0.5) is 5.95 Å². The molecule has 0 saturated carbocycles. The SMILES string of the molecule is Nc1nc(-c2cccc(CNCCCN3CCCC3=O)c2)cc2nc(-c3ccco3)nn12. The van der Waals surface area contributed by atoms with Crippen molar-refractivity contribution in [3.63, 3.8) is 0 Å². The molecule has 0 radical (unpaired) electrons. The number of nitrogens with two attached hydrogens (primary N) is 1. The number of likely N-dealkylation sites (tertiary alicyclic amines) is 1. The lowest BCUT2D eigenvalue weighted by Gasteiger charge is -2.15. The summed E-state index contributed by atoms with van der Waals surface area (Å²) in [6.07, 6.45) is 4.22. The molecule has 1 aromatic carbocycles. The normalized spacial score (nSPS) is 14.0. The van der Waals surface area contributed by atoms with Gasteiger partial charge in [-0.05, 0) is 43.1 Å². The number of fused-ring (bicyclic) bond motifs is 1. The summed E-state index contributed by atoms with van der Waals surface area (Å²) in [6.45, 7) is 3.33. The molecule has 3 aromatic heterocycles. The Labute approximate surface area is 185 Å². The number of carbonyl (C=O) groups excluding carboxylic acids is 1. The van der Waals surface area contributed by atoms with Gasteiger partial charge in [-0.25, -0.2) is 9.97 Å². The van der Waals surface area contributed by atoms with E-state index < -0.39 is 0 Å². The van der Waals surface area contributed by atoms with Crippen molar-refractivity contribution in [1.82, 2.24) is 29.8 Å². The number of hydrogen-bond acceptors (Lipinski definition) is 7. The molecule has 9 heteroatoms. The number of nitrogen functional groups attached to an aromatic ring is 1. The van der Waals surface area contributed by atoms with Gasteiger partial charge in [0.15, 0.2) is 11.4 Å². The van der Waals surface area contributed by atoms with E-state index >= 15 is 0 Å². The van der Waals surface area contributed by atoms with Gasteiger partial charge in [-0.1, -0.05) is 18.2 Å². The van der Waals surface area contributed by atoms with Crippen molar-refractivity contribution in [2.24, 2.45) is 0 Å². The second-order valence-corrected chi connectivity index (χ2v) is 7.90. The van der Waals surface area contributed by atoms with Crippen molar-refractivity contribution in [3.8, 4) is 22.8 Å². The zero-order chi connectivity index (χ0) is 21.9. The lowest BCUT2D eigenvalue weighted by molar-refractivity contribution is -0.127. The van der Waals surface area contributed by atoms with Crippen LogP contribution in [0.3, 0.4) is 0 Å². The van der Waals surface area contributed by atoms with Crippen molar-refractivity contribution < 1.29 is 9.21 Å². The third kappa shape index (κ3) is 4.19. The van der Waals surface area contributed by atoms with E-state index in [4.69, 9.17) is 10.2 Å². The Morgan fingerprint density at radius 2 is 2.09 bits per heavy atom. The molecule has 1 fully saturated rings. The van der Waals surface area contributed by atoms with E-state index in [1.165, 1.54) is 4.52 Å². The summed E-state index contributed by atoms with van der Waals surface area (Å²) in [4.78, 5) is 22.7. The quantitative estimate of drug-likeness (QED) is 0.412. The lowest BCUT2D eigenvalue weighted by Crippen LogP contribution is -2.28. The summed E-state index contributed by atoms with van der Waals surface area (Å²) < 4.78 is 6.89. The minimum Gasteiger partial charge on any atom is -0.461 e. The highest BCUT2D eigenvalue weighted by molar-refractivity contribution is 5.78. The number of hydrogen-bond donors (Lipinski definition) is 2. The second kappa shape index (κ2) is 8.80. The molecular formula is C23H25N7O2. The average molecular weight is 432 g/mol. The molecule has 3 N–H and O–H groups in total. The third-order valence-electron chi connectivity index (χ3n) is 5.60. The molecule has 4 aromatic rings. The second-order valence-electron chi connectivity index (χ2n) is 7.90. The molecular weight excluding hydrogens is 406 g/mol. The minimum absolute atomic E-state index is 0.266. The highest BCUT2D eigenvalue weighted by Gasteiger charge is 2.19. The van der Waals surface area contributed by atoms with Crippen LogP contribution in [0.15, 0.2) is 53.1 Å². The number of benzene rings is 1.